The van der Waals surface area contributed by atoms with E-state index in [1.54, 1.807) is 0 Å². The highest BCUT2D eigenvalue weighted by Gasteiger charge is 2.31. The summed E-state index contributed by atoms with van der Waals surface area (Å²) in [5.41, 5.74) is 1.09. The summed E-state index contributed by atoms with van der Waals surface area (Å²) < 4.78 is 0. The second-order valence-corrected chi connectivity index (χ2v) is 6.87. The summed E-state index contributed by atoms with van der Waals surface area (Å²) in [7, 11) is 0. The van der Waals surface area contributed by atoms with E-state index in [1.807, 2.05) is 18.2 Å². The van der Waals surface area contributed by atoms with Crippen LogP contribution in [0, 0.1) is 5.92 Å². The molecule has 1 heterocycles. The molecule has 0 amide bonds. The standard InChI is InChI=1S/C16H22Cl2N2/c17-15-2-1-3-16(18)14(15)11-20(13-4-5-13)10-12-6-8-19-9-7-12/h1-3,12-13,19H,4-11H2. The SMILES string of the molecule is Clc1cccc(Cl)c1CN(CC1CCNCC1)C1CC1. The quantitative estimate of drug-likeness (QED) is 0.885. The molecule has 4 heteroatoms. The van der Waals surface area contributed by atoms with E-state index in [0.29, 0.717) is 0 Å². The molecule has 1 N–H and O–H groups in total. The van der Waals surface area contributed by atoms with Crippen molar-refractivity contribution in [1.29, 1.82) is 0 Å². The minimum atomic E-state index is 0.747. The summed E-state index contributed by atoms with van der Waals surface area (Å²) >= 11 is 12.6. The van der Waals surface area contributed by atoms with Crippen LogP contribution in [-0.2, 0) is 6.54 Å². The maximum absolute atomic E-state index is 6.32. The Morgan fingerprint density at radius 2 is 1.70 bits per heavy atom. The van der Waals surface area contributed by atoms with E-state index >= 15 is 0 Å². The molecule has 1 saturated heterocycles. The molecule has 110 valence electrons. The van der Waals surface area contributed by atoms with Crippen LogP contribution in [0.1, 0.15) is 31.2 Å². The third-order valence-corrected chi connectivity index (χ3v) is 5.15. The van der Waals surface area contributed by atoms with Crippen molar-refractivity contribution in [1.82, 2.24) is 10.2 Å². The van der Waals surface area contributed by atoms with Gasteiger partial charge in [0.2, 0.25) is 0 Å². The fourth-order valence-corrected chi connectivity index (χ4v) is 3.58. The van der Waals surface area contributed by atoms with Crippen molar-refractivity contribution in [3.63, 3.8) is 0 Å². The minimum absolute atomic E-state index is 0.747. The second kappa shape index (κ2) is 6.65. The van der Waals surface area contributed by atoms with Gasteiger partial charge < -0.3 is 5.32 Å². The zero-order valence-electron chi connectivity index (χ0n) is 11.7. The Morgan fingerprint density at radius 1 is 1.05 bits per heavy atom. The Bertz CT molecular complexity index is 434. The van der Waals surface area contributed by atoms with E-state index in [4.69, 9.17) is 23.2 Å². The molecule has 0 unspecified atom stereocenters. The van der Waals surface area contributed by atoms with Crippen LogP contribution in [-0.4, -0.2) is 30.6 Å². The first-order valence-electron chi connectivity index (χ1n) is 7.61. The Kier molecular flexibility index (Phi) is 4.87. The average Bonchev–Trinajstić information content (AvgIpc) is 3.27. The number of piperidine rings is 1. The molecular weight excluding hydrogens is 291 g/mol. The van der Waals surface area contributed by atoms with Crippen molar-refractivity contribution in [3.8, 4) is 0 Å². The number of nitrogens with zero attached hydrogens (tertiary/aromatic N) is 1. The molecule has 0 aromatic heterocycles. The van der Waals surface area contributed by atoms with Crippen molar-refractivity contribution in [3.05, 3.63) is 33.8 Å². The molecule has 2 fully saturated rings. The summed E-state index contributed by atoms with van der Waals surface area (Å²) in [5, 5.41) is 5.04. The van der Waals surface area contributed by atoms with E-state index in [9.17, 15) is 0 Å². The van der Waals surface area contributed by atoms with Crippen LogP contribution in [0.4, 0.5) is 0 Å². The lowest BCUT2D eigenvalue weighted by atomic mass is 9.97. The molecule has 3 rings (SSSR count). The number of benzene rings is 1. The van der Waals surface area contributed by atoms with Gasteiger partial charge in [0, 0.05) is 34.7 Å². The molecule has 20 heavy (non-hydrogen) atoms. The van der Waals surface area contributed by atoms with E-state index in [2.05, 4.69) is 10.2 Å². The molecule has 0 atom stereocenters. The molecule has 1 saturated carbocycles. The first-order valence-corrected chi connectivity index (χ1v) is 8.37. The molecule has 0 spiro atoms. The van der Waals surface area contributed by atoms with E-state index < -0.39 is 0 Å². The van der Waals surface area contributed by atoms with E-state index in [0.717, 1.165) is 47.2 Å². The Balaban J connectivity index is 1.68. The zero-order valence-corrected chi connectivity index (χ0v) is 13.3. The van der Waals surface area contributed by atoms with Crippen LogP contribution < -0.4 is 5.32 Å². The summed E-state index contributed by atoms with van der Waals surface area (Å²) in [5.74, 6) is 0.818. The summed E-state index contributed by atoms with van der Waals surface area (Å²) in [6.07, 6.45) is 5.24. The number of halogens is 2. The smallest absolute Gasteiger partial charge is 0.0465 e. The van der Waals surface area contributed by atoms with Crippen molar-refractivity contribution >= 4 is 23.2 Å². The van der Waals surface area contributed by atoms with Crippen LogP contribution in [0.5, 0.6) is 0 Å². The topological polar surface area (TPSA) is 15.3 Å². The van der Waals surface area contributed by atoms with Gasteiger partial charge in [-0.1, -0.05) is 29.3 Å². The molecule has 1 aliphatic carbocycles. The largest absolute Gasteiger partial charge is 0.317 e. The fraction of sp³-hybridized carbons (Fsp3) is 0.625. The summed E-state index contributed by atoms with van der Waals surface area (Å²) in [4.78, 5) is 2.60. The van der Waals surface area contributed by atoms with Crippen molar-refractivity contribution in [2.24, 2.45) is 5.92 Å². The number of rotatable bonds is 5. The van der Waals surface area contributed by atoms with Crippen molar-refractivity contribution in [2.75, 3.05) is 19.6 Å². The Hall–Kier alpha value is -0.280. The molecule has 0 radical (unpaired) electrons. The van der Waals surface area contributed by atoms with E-state index in [1.165, 1.54) is 32.2 Å². The van der Waals surface area contributed by atoms with Gasteiger partial charge in [-0.3, -0.25) is 4.90 Å². The second-order valence-electron chi connectivity index (χ2n) is 6.05. The van der Waals surface area contributed by atoms with Gasteiger partial charge in [0.25, 0.3) is 0 Å². The number of nitrogens with one attached hydrogen (secondary N) is 1. The van der Waals surface area contributed by atoms with Crippen LogP contribution in [0.15, 0.2) is 18.2 Å². The maximum atomic E-state index is 6.32. The highest BCUT2D eigenvalue weighted by atomic mass is 35.5. The van der Waals surface area contributed by atoms with Crippen molar-refractivity contribution in [2.45, 2.75) is 38.3 Å². The summed E-state index contributed by atoms with van der Waals surface area (Å²) in [6, 6.07) is 6.55. The maximum Gasteiger partial charge on any atom is 0.0465 e. The third-order valence-electron chi connectivity index (χ3n) is 4.44. The first-order chi connectivity index (χ1) is 9.74. The Labute approximate surface area is 131 Å². The molecule has 1 aliphatic heterocycles. The van der Waals surface area contributed by atoms with Crippen LogP contribution in [0.2, 0.25) is 10.0 Å². The predicted molar refractivity (Wildman–Crippen MR) is 85.5 cm³/mol. The number of hydrogen-bond acceptors (Lipinski definition) is 2. The lowest BCUT2D eigenvalue weighted by Crippen LogP contribution is -2.37. The van der Waals surface area contributed by atoms with Crippen LogP contribution in [0.25, 0.3) is 0 Å². The van der Waals surface area contributed by atoms with Crippen LogP contribution in [0.3, 0.4) is 0 Å². The fourth-order valence-electron chi connectivity index (χ4n) is 3.06. The normalized spacial score (nSPS) is 20.6. The molecule has 0 bridgehead atoms. The minimum Gasteiger partial charge on any atom is -0.317 e. The van der Waals surface area contributed by atoms with Gasteiger partial charge in [0.05, 0.1) is 0 Å². The highest BCUT2D eigenvalue weighted by Crippen LogP contribution is 2.33. The first kappa shape index (κ1) is 14.6. The third kappa shape index (κ3) is 3.67. The zero-order chi connectivity index (χ0) is 13.9. The molecule has 1 aromatic carbocycles. The van der Waals surface area contributed by atoms with Crippen molar-refractivity contribution < 1.29 is 0 Å². The monoisotopic (exact) mass is 312 g/mol. The predicted octanol–water partition coefficient (Wildman–Crippen LogP) is 3.96. The van der Waals surface area contributed by atoms with Crippen LogP contribution >= 0.6 is 23.2 Å². The number of hydrogen-bond donors (Lipinski definition) is 1. The molecule has 2 aliphatic rings. The highest BCUT2D eigenvalue weighted by molar-refractivity contribution is 6.35. The average molecular weight is 313 g/mol. The van der Waals surface area contributed by atoms with Gasteiger partial charge in [-0.25, -0.2) is 0 Å². The lowest BCUT2D eigenvalue weighted by molar-refractivity contribution is 0.190. The van der Waals surface area contributed by atoms with Gasteiger partial charge in [0.1, 0.15) is 0 Å². The summed E-state index contributed by atoms with van der Waals surface area (Å²) in [6.45, 7) is 4.41. The van der Waals surface area contributed by atoms with Gasteiger partial charge in [-0.05, 0) is 56.8 Å². The van der Waals surface area contributed by atoms with Gasteiger partial charge in [-0.2, -0.15) is 0 Å². The van der Waals surface area contributed by atoms with Gasteiger partial charge >= 0.3 is 0 Å². The molecule has 2 nitrogen and oxygen atoms in total. The Morgan fingerprint density at radius 3 is 2.30 bits per heavy atom. The molecule has 1 aromatic rings. The lowest BCUT2D eigenvalue weighted by Gasteiger charge is -2.30. The van der Waals surface area contributed by atoms with E-state index in [-0.39, 0.29) is 0 Å². The molecular formula is C16H22Cl2N2. The van der Waals surface area contributed by atoms with Gasteiger partial charge in [-0.15, -0.1) is 0 Å². The van der Waals surface area contributed by atoms with Gasteiger partial charge in [0.15, 0.2) is 0 Å².